The maximum atomic E-state index is 12.1. The van der Waals surface area contributed by atoms with Crippen LogP contribution in [0.2, 0.25) is 0 Å². The third-order valence-electron chi connectivity index (χ3n) is 4.08. The van der Waals surface area contributed by atoms with Gasteiger partial charge in [0, 0.05) is 0 Å². The standard InChI is InChI=1S/C19H24N2O5/c1-4-25-18(23)17-13(3)20-19(24)21-15(17)11-26-16(22)10-12(2)14-8-6-5-7-9-14/h5-9,12-13H,4,10-11H2,1-3H3,(H2,20,21,24). The van der Waals surface area contributed by atoms with Gasteiger partial charge in [-0.2, -0.15) is 0 Å². The van der Waals surface area contributed by atoms with Crippen LogP contribution < -0.4 is 10.6 Å². The van der Waals surface area contributed by atoms with Gasteiger partial charge < -0.3 is 20.1 Å². The molecule has 0 saturated carbocycles. The van der Waals surface area contributed by atoms with Crippen LogP contribution in [0.3, 0.4) is 0 Å². The highest BCUT2D eigenvalue weighted by Crippen LogP contribution is 2.20. The van der Waals surface area contributed by atoms with Crippen LogP contribution in [0.25, 0.3) is 0 Å². The van der Waals surface area contributed by atoms with Gasteiger partial charge in [0.25, 0.3) is 0 Å². The maximum Gasteiger partial charge on any atom is 0.338 e. The highest BCUT2D eigenvalue weighted by Gasteiger charge is 2.30. The summed E-state index contributed by atoms with van der Waals surface area (Å²) in [5.74, 6) is -0.947. The van der Waals surface area contributed by atoms with Crippen molar-refractivity contribution in [2.45, 2.75) is 39.2 Å². The van der Waals surface area contributed by atoms with Crippen LogP contribution in [0.5, 0.6) is 0 Å². The molecule has 2 N–H and O–H groups in total. The van der Waals surface area contributed by atoms with Crippen molar-refractivity contribution >= 4 is 18.0 Å². The van der Waals surface area contributed by atoms with E-state index < -0.39 is 24.0 Å². The molecule has 0 bridgehead atoms. The van der Waals surface area contributed by atoms with Gasteiger partial charge in [-0.15, -0.1) is 0 Å². The average Bonchev–Trinajstić information content (AvgIpc) is 2.60. The summed E-state index contributed by atoms with van der Waals surface area (Å²) in [5.41, 5.74) is 1.55. The minimum absolute atomic E-state index is 0.00347. The predicted octanol–water partition coefficient (Wildman–Crippen LogP) is 2.24. The summed E-state index contributed by atoms with van der Waals surface area (Å²) in [7, 11) is 0. The molecule has 7 heteroatoms. The van der Waals surface area contributed by atoms with Gasteiger partial charge in [-0.25, -0.2) is 9.59 Å². The Bertz CT molecular complexity index is 699. The molecule has 1 aromatic carbocycles. The first-order chi connectivity index (χ1) is 12.4. The molecular weight excluding hydrogens is 336 g/mol. The average molecular weight is 360 g/mol. The lowest BCUT2D eigenvalue weighted by atomic mass is 9.98. The summed E-state index contributed by atoms with van der Waals surface area (Å²) >= 11 is 0. The van der Waals surface area contributed by atoms with E-state index in [-0.39, 0.29) is 36.8 Å². The smallest absolute Gasteiger partial charge is 0.338 e. The van der Waals surface area contributed by atoms with Crippen molar-refractivity contribution in [3.63, 3.8) is 0 Å². The van der Waals surface area contributed by atoms with Gasteiger partial charge in [-0.05, 0) is 25.3 Å². The first-order valence-corrected chi connectivity index (χ1v) is 8.60. The fraction of sp³-hybridized carbons (Fsp3) is 0.421. The van der Waals surface area contributed by atoms with Crippen LogP contribution in [0.4, 0.5) is 4.79 Å². The fourth-order valence-corrected chi connectivity index (χ4v) is 2.75. The highest BCUT2D eigenvalue weighted by atomic mass is 16.5. The summed E-state index contributed by atoms with van der Waals surface area (Å²) in [6, 6.07) is 8.68. The number of hydrogen-bond donors (Lipinski definition) is 2. The lowest BCUT2D eigenvalue weighted by Gasteiger charge is -2.26. The number of ether oxygens (including phenoxy) is 2. The molecule has 1 aliphatic heterocycles. The van der Waals surface area contributed by atoms with Crippen LogP contribution in [0.15, 0.2) is 41.6 Å². The molecule has 0 radical (unpaired) electrons. The van der Waals surface area contributed by atoms with E-state index in [9.17, 15) is 14.4 Å². The molecule has 2 rings (SSSR count). The SMILES string of the molecule is CCOC(=O)C1=C(COC(=O)CC(C)c2ccccc2)NC(=O)NC1C. The van der Waals surface area contributed by atoms with Crippen molar-refractivity contribution < 1.29 is 23.9 Å². The predicted molar refractivity (Wildman–Crippen MR) is 95.2 cm³/mol. The van der Waals surface area contributed by atoms with Gasteiger partial charge in [0.15, 0.2) is 0 Å². The Hall–Kier alpha value is -2.83. The molecule has 0 aromatic heterocycles. The molecule has 1 aliphatic rings. The zero-order chi connectivity index (χ0) is 19.1. The Morgan fingerprint density at radius 2 is 1.88 bits per heavy atom. The molecule has 2 unspecified atom stereocenters. The third-order valence-corrected chi connectivity index (χ3v) is 4.08. The molecule has 0 aliphatic carbocycles. The van der Waals surface area contributed by atoms with Crippen molar-refractivity contribution in [1.82, 2.24) is 10.6 Å². The van der Waals surface area contributed by atoms with Gasteiger partial charge in [0.1, 0.15) is 6.61 Å². The minimum atomic E-state index is -0.545. The van der Waals surface area contributed by atoms with E-state index in [1.54, 1.807) is 13.8 Å². The van der Waals surface area contributed by atoms with Crippen molar-refractivity contribution in [3.8, 4) is 0 Å². The molecular formula is C19H24N2O5. The first-order valence-electron chi connectivity index (χ1n) is 8.60. The Kier molecular flexibility index (Phi) is 6.77. The molecule has 26 heavy (non-hydrogen) atoms. The molecule has 0 saturated heterocycles. The normalized spacial score (nSPS) is 17.8. The largest absolute Gasteiger partial charge is 0.463 e. The van der Waals surface area contributed by atoms with Crippen molar-refractivity contribution in [2.24, 2.45) is 0 Å². The van der Waals surface area contributed by atoms with Gasteiger partial charge in [0.2, 0.25) is 0 Å². The second-order valence-corrected chi connectivity index (χ2v) is 6.11. The van der Waals surface area contributed by atoms with E-state index in [0.717, 1.165) is 5.56 Å². The molecule has 7 nitrogen and oxygen atoms in total. The van der Waals surface area contributed by atoms with Crippen molar-refractivity contribution in [1.29, 1.82) is 0 Å². The van der Waals surface area contributed by atoms with Gasteiger partial charge >= 0.3 is 18.0 Å². The zero-order valence-corrected chi connectivity index (χ0v) is 15.2. The fourth-order valence-electron chi connectivity index (χ4n) is 2.75. The Labute approximate surface area is 152 Å². The number of hydrogen-bond acceptors (Lipinski definition) is 5. The number of rotatable bonds is 7. The quantitative estimate of drug-likeness (QED) is 0.728. The number of nitrogens with one attached hydrogen (secondary N) is 2. The minimum Gasteiger partial charge on any atom is -0.463 e. The summed E-state index contributed by atoms with van der Waals surface area (Å²) < 4.78 is 10.3. The van der Waals surface area contributed by atoms with Crippen molar-refractivity contribution in [3.05, 3.63) is 47.2 Å². The molecule has 1 aromatic rings. The van der Waals surface area contributed by atoms with Gasteiger partial charge in [-0.3, -0.25) is 4.79 Å². The van der Waals surface area contributed by atoms with E-state index in [1.807, 2.05) is 37.3 Å². The summed E-state index contributed by atoms with van der Waals surface area (Å²) in [6.07, 6.45) is 0.202. The maximum absolute atomic E-state index is 12.1. The van der Waals surface area contributed by atoms with Gasteiger partial charge in [-0.1, -0.05) is 37.3 Å². The third kappa shape index (κ3) is 5.08. The van der Waals surface area contributed by atoms with E-state index in [4.69, 9.17) is 9.47 Å². The summed E-state index contributed by atoms with van der Waals surface area (Å²) in [5, 5.41) is 5.12. The van der Waals surface area contributed by atoms with E-state index >= 15 is 0 Å². The Morgan fingerprint density at radius 3 is 2.54 bits per heavy atom. The van der Waals surface area contributed by atoms with Crippen LogP contribution in [-0.2, 0) is 19.1 Å². The Balaban J connectivity index is 2.02. The molecule has 2 atom stereocenters. The van der Waals surface area contributed by atoms with Crippen molar-refractivity contribution in [2.75, 3.05) is 13.2 Å². The van der Waals surface area contributed by atoms with Crippen LogP contribution in [-0.4, -0.2) is 37.2 Å². The monoisotopic (exact) mass is 360 g/mol. The summed E-state index contributed by atoms with van der Waals surface area (Å²) in [4.78, 5) is 35.9. The number of carbonyl (C=O) groups excluding carboxylic acids is 3. The van der Waals surface area contributed by atoms with Crippen LogP contribution >= 0.6 is 0 Å². The molecule has 2 amide bonds. The van der Waals surface area contributed by atoms with E-state index in [1.165, 1.54) is 0 Å². The molecule has 0 fully saturated rings. The molecule has 1 heterocycles. The van der Waals surface area contributed by atoms with Crippen LogP contribution in [0.1, 0.15) is 38.7 Å². The zero-order valence-electron chi connectivity index (χ0n) is 15.2. The number of carbonyl (C=O) groups is 3. The van der Waals surface area contributed by atoms with Gasteiger partial charge in [0.05, 0.1) is 30.3 Å². The van der Waals surface area contributed by atoms with Crippen LogP contribution in [0, 0.1) is 0 Å². The van der Waals surface area contributed by atoms with E-state index in [2.05, 4.69) is 10.6 Å². The molecule has 0 spiro atoms. The molecule has 140 valence electrons. The summed E-state index contributed by atoms with van der Waals surface area (Å²) in [6.45, 7) is 5.33. The second kappa shape index (κ2) is 9.03. The lowest BCUT2D eigenvalue weighted by molar-refractivity contribution is -0.144. The lowest BCUT2D eigenvalue weighted by Crippen LogP contribution is -2.50. The second-order valence-electron chi connectivity index (χ2n) is 6.11. The number of urea groups is 1. The first kappa shape index (κ1) is 19.5. The number of benzene rings is 1. The number of esters is 2. The number of amides is 2. The highest BCUT2D eigenvalue weighted by molar-refractivity contribution is 5.94. The Morgan fingerprint density at radius 1 is 1.19 bits per heavy atom. The topological polar surface area (TPSA) is 93.7 Å². The van der Waals surface area contributed by atoms with E-state index in [0.29, 0.717) is 0 Å².